The molecule has 118 valence electrons. The van der Waals surface area contributed by atoms with Crippen LogP contribution >= 0.6 is 22.3 Å². The smallest absolute Gasteiger partial charge is 0.262 e. The van der Waals surface area contributed by atoms with Crippen LogP contribution in [0.1, 0.15) is 37.0 Å². The van der Waals surface area contributed by atoms with E-state index in [1.54, 1.807) is 0 Å². The van der Waals surface area contributed by atoms with Crippen molar-refractivity contribution in [1.29, 1.82) is 0 Å². The predicted octanol–water partition coefficient (Wildman–Crippen LogP) is 3.57. The quantitative estimate of drug-likeness (QED) is 0.626. The van der Waals surface area contributed by atoms with Crippen molar-refractivity contribution < 1.29 is 17.6 Å². The number of benzene rings is 1. The number of amides is 1. The van der Waals surface area contributed by atoms with Crippen molar-refractivity contribution in [3.63, 3.8) is 0 Å². The molecule has 0 unspecified atom stereocenters. The van der Waals surface area contributed by atoms with Crippen LogP contribution in [-0.4, -0.2) is 20.9 Å². The van der Waals surface area contributed by atoms with Crippen molar-refractivity contribution in [2.75, 3.05) is 6.54 Å². The highest BCUT2D eigenvalue weighted by molar-refractivity contribution is 8.13. The molecule has 0 saturated carbocycles. The van der Waals surface area contributed by atoms with Crippen LogP contribution in [0, 0.1) is 11.7 Å². The van der Waals surface area contributed by atoms with Crippen LogP contribution in [0.3, 0.4) is 0 Å². The molecule has 0 radical (unpaired) electrons. The minimum absolute atomic E-state index is 0.362. The molecule has 4 nitrogen and oxygen atoms in total. The van der Waals surface area contributed by atoms with Crippen molar-refractivity contribution in [3.8, 4) is 0 Å². The second-order valence-corrected chi connectivity index (χ2v) is 7.93. The summed E-state index contributed by atoms with van der Waals surface area (Å²) in [4.78, 5) is 11.4. The van der Waals surface area contributed by atoms with Gasteiger partial charge < -0.3 is 5.32 Å². The van der Waals surface area contributed by atoms with Gasteiger partial charge in [-0.25, -0.2) is 12.8 Å². The fourth-order valence-electron chi connectivity index (χ4n) is 1.70. The minimum Gasteiger partial charge on any atom is -0.352 e. The van der Waals surface area contributed by atoms with Crippen LogP contribution in [0.5, 0.6) is 0 Å². The van der Waals surface area contributed by atoms with E-state index in [0.717, 1.165) is 25.0 Å². The summed E-state index contributed by atoms with van der Waals surface area (Å²) in [6, 6.07) is 1.61. The van der Waals surface area contributed by atoms with E-state index in [9.17, 15) is 17.6 Å². The molecular formula is C13H16Cl2FNO3S. The van der Waals surface area contributed by atoms with Gasteiger partial charge in [0.1, 0.15) is 10.7 Å². The third-order valence-electron chi connectivity index (χ3n) is 2.77. The molecule has 1 amide bonds. The molecule has 0 atom stereocenters. The zero-order valence-corrected chi connectivity index (χ0v) is 13.9. The molecule has 1 aromatic carbocycles. The molecule has 0 fully saturated rings. The van der Waals surface area contributed by atoms with E-state index in [2.05, 4.69) is 19.2 Å². The highest BCUT2D eigenvalue weighted by Crippen LogP contribution is 2.27. The van der Waals surface area contributed by atoms with E-state index in [1.165, 1.54) is 0 Å². The molecule has 0 heterocycles. The number of halogens is 3. The summed E-state index contributed by atoms with van der Waals surface area (Å²) in [5.41, 5.74) is -0.400. The lowest BCUT2D eigenvalue weighted by molar-refractivity contribution is 0.0948. The molecule has 1 aromatic rings. The van der Waals surface area contributed by atoms with Gasteiger partial charge in [-0.2, -0.15) is 0 Å². The van der Waals surface area contributed by atoms with Gasteiger partial charge in [-0.3, -0.25) is 4.79 Å². The topological polar surface area (TPSA) is 63.2 Å². The minimum atomic E-state index is -4.15. The zero-order chi connectivity index (χ0) is 16.2. The summed E-state index contributed by atoms with van der Waals surface area (Å²) >= 11 is 5.62. The first-order valence-corrected chi connectivity index (χ1v) is 9.03. The summed E-state index contributed by atoms with van der Waals surface area (Å²) < 4.78 is 36.3. The highest BCUT2D eigenvalue weighted by atomic mass is 35.7. The molecule has 21 heavy (non-hydrogen) atoms. The number of carbonyl (C=O) groups is 1. The molecule has 1 N–H and O–H groups in total. The number of hydrogen-bond donors (Lipinski definition) is 1. The Balaban J connectivity index is 2.90. The summed E-state index contributed by atoms with van der Waals surface area (Å²) in [7, 11) is 1.04. The van der Waals surface area contributed by atoms with E-state index in [1.807, 2.05) is 0 Å². The van der Waals surface area contributed by atoms with Gasteiger partial charge in [0.05, 0.1) is 10.6 Å². The van der Waals surface area contributed by atoms with E-state index in [-0.39, 0.29) is 5.02 Å². The van der Waals surface area contributed by atoms with Crippen molar-refractivity contribution in [2.24, 2.45) is 5.92 Å². The molecule has 0 aromatic heterocycles. The Labute approximate surface area is 133 Å². The molecule has 0 aliphatic rings. The first-order chi connectivity index (χ1) is 9.62. The largest absolute Gasteiger partial charge is 0.352 e. The van der Waals surface area contributed by atoms with E-state index in [0.29, 0.717) is 12.5 Å². The van der Waals surface area contributed by atoms with Gasteiger partial charge in [-0.15, -0.1) is 0 Å². The lowest BCUT2D eigenvalue weighted by Gasteiger charge is -2.09. The summed E-state index contributed by atoms with van der Waals surface area (Å²) in [5, 5.41) is 2.17. The lowest BCUT2D eigenvalue weighted by atomic mass is 10.1. The van der Waals surface area contributed by atoms with Gasteiger partial charge in [0.2, 0.25) is 0 Å². The SMILES string of the molecule is CC(C)CCCNC(=O)c1cc(S(=O)(=O)Cl)c(Cl)cc1F. The Morgan fingerprint density at radius 1 is 1.38 bits per heavy atom. The lowest BCUT2D eigenvalue weighted by Crippen LogP contribution is -2.26. The number of hydrogen-bond acceptors (Lipinski definition) is 3. The van der Waals surface area contributed by atoms with E-state index >= 15 is 0 Å². The van der Waals surface area contributed by atoms with Crippen LogP contribution in [0.2, 0.25) is 5.02 Å². The summed E-state index contributed by atoms with van der Waals surface area (Å²) in [5.74, 6) is -1.10. The second kappa shape index (κ2) is 7.42. The third kappa shape index (κ3) is 5.45. The van der Waals surface area contributed by atoms with Crippen LogP contribution in [0.15, 0.2) is 17.0 Å². The van der Waals surface area contributed by atoms with Crippen molar-refractivity contribution >= 4 is 37.2 Å². The zero-order valence-electron chi connectivity index (χ0n) is 11.6. The van der Waals surface area contributed by atoms with Crippen molar-refractivity contribution in [2.45, 2.75) is 31.6 Å². The summed E-state index contributed by atoms with van der Waals surface area (Å²) in [6.07, 6.45) is 1.67. The first kappa shape index (κ1) is 18.2. The maximum atomic E-state index is 13.7. The van der Waals surface area contributed by atoms with Crippen molar-refractivity contribution in [3.05, 3.63) is 28.5 Å². The number of rotatable bonds is 6. The Morgan fingerprint density at radius 3 is 2.52 bits per heavy atom. The third-order valence-corrected chi connectivity index (χ3v) is 4.56. The molecular weight excluding hydrogens is 340 g/mol. The fraction of sp³-hybridized carbons (Fsp3) is 0.462. The van der Waals surface area contributed by atoms with Gasteiger partial charge in [0, 0.05) is 17.2 Å². The maximum absolute atomic E-state index is 13.7. The number of nitrogens with one attached hydrogen (secondary N) is 1. The molecule has 0 saturated heterocycles. The van der Waals surface area contributed by atoms with E-state index in [4.69, 9.17) is 22.3 Å². The Bertz CT molecular complexity index is 633. The molecule has 0 bridgehead atoms. The van der Waals surface area contributed by atoms with Crippen LogP contribution in [0.4, 0.5) is 4.39 Å². The van der Waals surface area contributed by atoms with Gasteiger partial charge in [-0.1, -0.05) is 25.4 Å². The standard InChI is InChI=1S/C13H16Cl2FNO3S/c1-8(2)4-3-5-17-13(18)9-6-12(21(15,19)20)10(14)7-11(9)16/h6-8H,3-5H2,1-2H3,(H,17,18). The Hall–Kier alpha value is -0.850. The maximum Gasteiger partial charge on any atom is 0.262 e. The van der Waals surface area contributed by atoms with Crippen LogP contribution in [0.25, 0.3) is 0 Å². The number of carbonyl (C=O) groups excluding carboxylic acids is 1. The highest BCUT2D eigenvalue weighted by Gasteiger charge is 2.21. The van der Waals surface area contributed by atoms with Gasteiger partial charge in [0.25, 0.3) is 15.0 Å². The molecule has 8 heteroatoms. The van der Waals surface area contributed by atoms with E-state index < -0.39 is 31.2 Å². The monoisotopic (exact) mass is 355 g/mol. The molecule has 0 aliphatic heterocycles. The molecule has 0 spiro atoms. The normalized spacial score (nSPS) is 11.7. The first-order valence-electron chi connectivity index (χ1n) is 6.35. The summed E-state index contributed by atoms with van der Waals surface area (Å²) in [6.45, 7) is 4.48. The average molecular weight is 356 g/mol. The average Bonchev–Trinajstić information content (AvgIpc) is 2.32. The Morgan fingerprint density at radius 2 is 2.00 bits per heavy atom. The van der Waals surface area contributed by atoms with Crippen LogP contribution in [-0.2, 0) is 9.05 Å². The second-order valence-electron chi connectivity index (χ2n) is 4.99. The Kier molecular flexibility index (Phi) is 6.43. The molecule has 0 aliphatic carbocycles. The van der Waals surface area contributed by atoms with Gasteiger partial charge in [-0.05, 0) is 30.9 Å². The van der Waals surface area contributed by atoms with Crippen molar-refractivity contribution in [1.82, 2.24) is 5.32 Å². The molecule has 1 rings (SSSR count). The fourth-order valence-corrected chi connectivity index (χ4v) is 3.20. The van der Waals surface area contributed by atoms with Gasteiger partial charge >= 0.3 is 0 Å². The van der Waals surface area contributed by atoms with Gasteiger partial charge in [0.15, 0.2) is 0 Å². The van der Waals surface area contributed by atoms with Crippen LogP contribution < -0.4 is 5.32 Å². The predicted molar refractivity (Wildman–Crippen MR) is 80.9 cm³/mol.